The van der Waals surface area contributed by atoms with Gasteiger partial charge in [-0.05, 0) is 18.9 Å². The number of ether oxygens (including phenoxy) is 1. The van der Waals surface area contributed by atoms with Crippen molar-refractivity contribution in [2.24, 2.45) is 0 Å². The van der Waals surface area contributed by atoms with Crippen LogP contribution in [0.1, 0.15) is 45.4 Å². The zero-order valence-corrected chi connectivity index (χ0v) is 9.35. The Morgan fingerprint density at radius 1 is 1.19 bits per heavy atom. The minimum absolute atomic E-state index is 0.634. The molecule has 0 aliphatic rings. The Morgan fingerprint density at radius 3 is 2.38 bits per heavy atom. The second kappa shape index (κ2) is 8.19. The molecule has 0 saturated carbocycles. The predicted octanol–water partition coefficient (Wildman–Crippen LogP) is 3.97. The van der Waals surface area contributed by atoms with Gasteiger partial charge in [0.05, 0.1) is 6.26 Å². The lowest BCUT2D eigenvalue weighted by atomic mass is 10.1. The highest BCUT2D eigenvalue weighted by Gasteiger charge is 2.40. The van der Waals surface area contributed by atoms with Gasteiger partial charge < -0.3 is 4.74 Å². The number of carbonyl (C=O) groups excluding carboxylic acids is 1. The molecule has 5 heteroatoms. The maximum atomic E-state index is 11.7. The molecule has 0 aliphatic carbocycles. The summed E-state index contributed by atoms with van der Waals surface area (Å²) in [5, 5.41) is 0. The Hall–Kier alpha value is -1.00. The second-order valence-electron chi connectivity index (χ2n) is 3.48. The van der Waals surface area contributed by atoms with Gasteiger partial charge in [0.1, 0.15) is 0 Å². The summed E-state index contributed by atoms with van der Waals surface area (Å²) in [5.41, 5.74) is 0. The molecule has 0 heterocycles. The van der Waals surface area contributed by atoms with E-state index in [1.165, 1.54) is 12.5 Å². The molecule has 0 spiro atoms. The molecule has 0 N–H and O–H groups in total. The van der Waals surface area contributed by atoms with Crippen molar-refractivity contribution in [2.75, 3.05) is 0 Å². The summed E-state index contributed by atoms with van der Waals surface area (Å²) in [6, 6.07) is 0. The van der Waals surface area contributed by atoms with Crippen LogP contribution in [0, 0.1) is 0 Å². The summed E-state index contributed by atoms with van der Waals surface area (Å²) < 4.78 is 38.9. The van der Waals surface area contributed by atoms with Crippen LogP contribution in [0.3, 0.4) is 0 Å². The fourth-order valence-corrected chi connectivity index (χ4v) is 1.11. The van der Waals surface area contributed by atoms with Crippen molar-refractivity contribution < 1.29 is 22.7 Å². The summed E-state index contributed by atoms with van der Waals surface area (Å²) in [5.74, 6) is -2.17. The fraction of sp³-hybridized carbons (Fsp3) is 0.727. The quantitative estimate of drug-likeness (QED) is 0.381. The van der Waals surface area contributed by atoms with Crippen LogP contribution < -0.4 is 0 Å². The lowest BCUT2D eigenvalue weighted by molar-refractivity contribution is -0.193. The molecule has 0 amide bonds. The predicted molar refractivity (Wildman–Crippen MR) is 54.7 cm³/mol. The van der Waals surface area contributed by atoms with Crippen molar-refractivity contribution >= 4 is 5.97 Å². The minimum atomic E-state index is -4.91. The molecule has 0 unspecified atom stereocenters. The topological polar surface area (TPSA) is 26.3 Å². The Bertz CT molecular complexity index is 222. The molecule has 0 bridgehead atoms. The van der Waals surface area contributed by atoms with E-state index in [0.29, 0.717) is 6.42 Å². The smallest absolute Gasteiger partial charge is 0.428 e. The minimum Gasteiger partial charge on any atom is -0.428 e. The molecule has 0 aliphatic heterocycles. The van der Waals surface area contributed by atoms with E-state index < -0.39 is 12.1 Å². The fourth-order valence-electron chi connectivity index (χ4n) is 1.11. The molecule has 0 aromatic carbocycles. The van der Waals surface area contributed by atoms with Crippen molar-refractivity contribution in [2.45, 2.75) is 51.6 Å². The van der Waals surface area contributed by atoms with Gasteiger partial charge in [-0.3, -0.25) is 0 Å². The monoisotopic (exact) mass is 238 g/mol. The molecule has 0 aromatic rings. The molecule has 0 radical (unpaired) electrons. The summed E-state index contributed by atoms with van der Waals surface area (Å²) in [6.45, 7) is 2.11. The SMILES string of the molecule is CCCCCCC/C=C/OC(=O)C(F)(F)F. The van der Waals surface area contributed by atoms with E-state index in [0.717, 1.165) is 31.9 Å². The summed E-state index contributed by atoms with van der Waals surface area (Å²) in [4.78, 5) is 10.2. The van der Waals surface area contributed by atoms with Gasteiger partial charge >= 0.3 is 12.1 Å². The first-order valence-electron chi connectivity index (χ1n) is 5.41. The number of esters is 1. The first-order chi connectivity index (χ1) is 7.48. The number of unbranched alkanes of at least 4 members (excludes halogenated alkanes) is 5. The molecule has 94 valence electrons. The van der Waals surface area contributed by atoms with Crippen LogP contribution in [0.25, 0.3) is 0 Å². The van der Waals surface area contributed by atoms with E-state index in [2.05, 4.69) is 11.7 Å². The summed E-state index contributed by atoms with van der Waals surface area (Å²) in [6.07, 6.45) is 3.38. The van der Waals surface area contributed by atoms with Crippen LogP contribution in [0.4, 0.5) is 13.2 Å². The summed E-state index contributed by atoms with van der Waals surface area (Å²) in [7, 11) is 0. The average molecular weight is 238 g/mol. The van der Waals surface area contributed by atoms with Crippen molar-refractivity contribution in [3.8, 4) is 0 Å². The van der Waals surface area contributed by atoms with E-state index in [1.807, 2.05) is 0 Å². The summed E-state index contributed by atoms with van der Waals surface area (Å²) >= 11 is 0. The van der Waals surface area contributed by atoms with Gasteiger partial charge in [-0.25, -0.2) is 4.79 Å². The van der Waals surface area contributed by atoms with Crippen LogP contribution in [-0.4, -0.2) is 12.1 Å². The third-order valence-electron chi connectivity index (χ3n) is 1.98. The normalized spacial score (nSPS) is 12.0. The number of hydrogen-bond acceptors (Lipinski definition) is 2. The van der Waals surface area contributed by atoms with Crippen molar-refractivity contribution in [3.05, 3.63) is 12.3 Å². The van der Waals surface area contributed by atoms with Crippen molar-refractivity contribution in [1.29, 1.82) is 0 Å². The number of allylic oxidation sites excluding steroid dienone is 1. The van der Waals surface area contributed by atoms with Gasteiger partial charge in [0.2, 0.25) is 0 Å². The molecule has 0 aromatic heterocycles. The number of rotatable bonds is 7. The maximum absolute atomic E-state index is 11.7. The molecular weight excluding hydrogens is 221 g/mol. The molecule has 0 saturated heterocycles. The van der Waals surface area contributed by atoms with Gasteiger partial charge in [0.15, 0.2) is 0 Å². The molecule has 0 fully saturated rings. The van der Waals surface area contributed by atoms with Crippen LogP contribution in [0.15, 0.2) is 12.3 Å². The molecule has 0 atom stereocenters. The van der Waals surface area contributed by atoms with Gasteiger partial charge in [-0.1, -0.05) is 32.6 Å². The number of alkyl halides is 3. The molecule has 0 rings (SSSR count). The van der Waals surface area contributed by atoms with Crippen molar-refractivity contribution in [1.82, 2.24) is 0 Å². The lowest BCUT2D eigenvalue weighted by Crippen LogP contribution is -2.23. The van der Waals surface area contributed by atoms with Crippen LogP contribution in [0.5, 0.6) is 0 Å². The standard InChI is InChI=1S/C11H17F3O2/c1-2-3-4-5-6-7-8-9-16-10(15)11(12,13)14/h8-9H,2-7H2,1H3/b9-8+. The highest BCUT2D eigenvalue weighted by atomic mass is 19.4. The van der Waals surface area contributed by atoms with Gasteiger partial charge in [-0.15, -0.1) is 0 Å². The highest BCUT2D eigenvalue weighted by molar-refractivity contribution is 5.76. The van der Waals surface area contributed by atoms with E-state index in [-0.39, 0.29) is 0 Å². The first kappa shape index (κ1) is 15.0. The maximum Gasteiger partial charge on any atom is 0.491 e. The highest BCUT2D eigenvalue weighted by Crippen LogP contribution is 2.16. The van der Waals surface area contributed by atoms with Crippen LogP contribution >= 0.6 is 0 Å². The van der Waals surface area contributed by atoms with Gasteiger partial charge in [-0.2, -0.15) is 13.2 Å². The van der Waals surface area contributed by atoms with Gasteiger partial charge in [0, 0.05) is 0 Å². The number of carbonyl (C=O) groups is 1. The largest absolute Gasteiger partial charge is 0.491 e. The van der Waals surface area contributed by atoms with E-state index >= 15 is 0 Å². The van der Waals surface area contributed by atoms with Crippen LogP contribution in [0.2, 0.25) is 0 Å². The van der Waals surface area contributed by atoms with E-state index in [4.69, 9.17) is 0 Å². The zero-order valence-electron chi connectivity index (χ0n) is 9.35. The second-order valence-corrected chi connectivity index (χ2v) is 3.48. The molecular formula is C11H17F3O2. The van der Waals surface area contributed by atoms with Crippen molar-refractivity contribution in [3.63, 3.8) is 0 Å². The third kappa shape index (κ3) is 8.32. The Labute approximate surface area is 93.5 Å². The Kier molecular flexibility index (Phi) is 7.68. The van der Waals surface area contributed by atoms with E-state index in [9.17, 15) is 18.0 Å². The first-order valence-corrected chi connectivity index (χ1v) is 5.41. The number of hydrogen-bond donors (Lipinski definition) is 0. The number of halogens is 3. The Balaban J connectivity index is 3.45. The van der Waals surface area contributed by atoms with Crippen LogP contribution in [-0.2, 0) is 9.53 Å². The Morgan fingerprint density at radius 2 is 1.81 bits per heavy atom. The molecule has 2 nitrogen and oxygen atoms in total. The zero-order chi connectivity index (χ0) is 12.4. The third-order valence-corrected chi connectivity index (χ3v) is 1.98. The average Bonchev–Trinajstić information content (AvgIpc) is 2.20. The molecule has 16 heavy (non-hydrogen) atoms. The van der Waals surface area contributed by atoms with Gasteiger partial charge in [0.25, 0.3) is 0 Å². The van der Waals surface area contributed by atoms with E-state index in [1.54, 1.807) is 0 Å². The lowest BCUT2D eigenvalue weighted by Gasteiger charge is -2.02.